The third-order valence-corrected chi connectivity index (χ3v) is 17.7. The normalized spacial score (nSPS) is 27.2. The van der Waals surface area contributed by atoms with Crippen LogP contribution in [-0.2, 0) is 22.9 Å². The fraction of sp³-hybridized carbons (Fsp3) is 0.500. The van der Waals surface area contributed by atoms with Gasteiger partial charge in [0.2, 0.25) is 0 Å². The maximum atomic E-state index is 2.63. The van der Waals surface area contributed by atoms with Crippen LogP contribution in [-0.4, -0.2) is 11.3 Å². The molecule has 3 aliphatic carbocycles. The molecule has 0 spiro atoms. The molecule has 0 amide bonds. The third kappa shape index (κ3) is 4.80. The van der Waals surface area contributed by atoms with Crippen LogP contribution in [0.5, 0.6) is 0 Å². The minimum atomic E-state index is -0.821. The number of allylic oxidation sites excluding steroid dienone is 5. The minimum Gasteiger partial charge on any atom is -1.00 e. The van der Waals surface area contributed by atoms with Gasteiger partial charge in [-0.3, -0.25) is 0 Å². The van der Waals surface area contributed by atoms with Crippen LogP contribution in [0.1, 0.15) is 55.3 Å². The second kappa shape index (κ2) is 10.6. The van der Waals surface area contributed by atoms with E-state index in [0.29, 0.717) is 0 Å². The summed E-state index contributed by atoms with van der Waals surface area (Å²) in [4.78, 5) is 0. The Morgan fingerprint density at radius 2 is 1.61 bits per heavy atom. The first-order valence-corrected chi connectivity index (χ1v) is 15.9. The largest absolute Gasteiger partial charge is 1.00 e. The summed E-state index contributed by atoms with van der Waals surface area (Å²) >= 11 is -0.821. The van der Waals surface area contributed by atoms with E-state index in [-0.39, 0.29) is 32.7 Å². The Hall–Kier alpha value is 0.320. The summed E-state index contributed by atoms with van der Waals surface area (Å²) in [5.41, 5.74) is 4.83. The van der Waals surface area contributed by atoms with E-state index in [2.05, 4.69) is 82.3 Å². The molecule has 0 heterocycles. The summed E-state index contributed by atoms with van der Waals surface area (Å²) in [5, 5.41) is 1.87. The van der Waals surface area contributed by atoms with Gasteiger partial charge in [-0.05, 0) is 0 Å². The third-order valence-electron chi connectivity index (χ3n) is 6.27. The molecule has 0 radical (unpaired) electrons. The zero-order valence-electron chi connectivity index (χ0n) is 17.3. The average molecular weight is 600 g/mol. The van der Waals surface area contributed by atoms with E-state index in [4.69, 9.17) is 0 Å². The van der Waals surface area contributed by atoms with E-state index >= 15 is 0 Å². The van der Waals surface area contributed by atoms with Crippen LogP contribution in [0.2, 0.25) is 3.67 Å². The predicted molar refractivity (Wildman–Crippen MR) is 113 cm³/mol. The molecule has 4 rings (SSSR count). The van der Waals surface area contributed by atoms with Crippen LogP contribution >= 0.6 is 7.92 Å². The number of hydrogen-bond acceptors (Lipinski definition) is 0. The molecule has 1 fully saturated rings. The summed E-state index contributed by atoms with van der Waals surface area (Å²) in [7, 11) is -0.0272. The van der Waals surface area contributed by atoms with Crippen LogP contribution < -0.4 is 24.8 Å². The van der Waals surface area contributed by atoms with Crippen molar-refractivity contribution >= 4 is 14.0 Å². The quantitative estimate of drug-likeness (QED) is 0.355. The Morgan fingerprint density at radius 3 is 2.32 bits per heavy atom. The molecule has 4 atom stereocenters. The second-order valence-electron chi connectivity index (χ2n) is 8.59. The van der Waals surface area contributed by atoms with E-state index in [1.807, 2.05) is 5.31 Å². The molecule has 0 N–H and O–H groups in total. The van der Waals surface area contributed by atoms with Crippen molar-refractivity contribution in [1.29, 1.82) is 0 Å². The van der Waals surface area contributed by atoms with Crippen molar-refractivity contribution in [2.75, 3.05) is 0 Å². The number of halogens is 2. The SMILES string of the molecule is CC(C)P(C1=Cc2ccccc2[CH]1[Hf+2][CH]1CCC2C=CC=CC21)C(C)C.[Cl-].[Cl-]. The standard InChI is InChI=1S/C15H20P.C9H11.2ClH.Hf/c1-11(2)16(12(3)4)15-9-13-7-5-6-8-14(13)10-15;1-2-5-9-7-3-6-8(9)4-1;;;/h5-12H,1-4H3;1-2,4-6,8-9H,3,7H2;2*1H;/q;;;;+2/p-2. The Labute approximate surface area is 196 Å². The van der Waals surface area contributed by atoms with Gasteiger partial charge >= 0.3 is 173 Å². The molecule has 28 heavy (non-hydrogen) atoms. The zero-order valence-corrected chi connectivity index (χ0v) is 23.3. The first-order chi connectivity index (χ1) is 12.6. The maximum absolute atomic E-state index is 2.63. The Morgan fingerprint density at radius 1 is 0.929 bits per heavy atom. The van der Waals surface area contributed by atoms with Crippen LogP contribution in [0.25, 0.3) is 6.08 Å². The van der Waals surface area contributed by atoms with E-state index in [1.54, 1.807) is 11.1 Å². The van der Waals surface area contributed by atoms with Gasteiger partial charge < -0.3 is 24.8 Å². The van der Waals surface area contributed by atoms with E-state index in [9.17, 15) is 0 Å². The molecule has 0 nitrogen and oxygen atoms in total. The van der Waals surface area contributed by atoms with Crippen LogP contribution in [0, 0.1) is 11.8 Å². The van der Waals surface area contributed by atoms with Crippen molar-refractivity contribution in [2.24, 2.45) is 11.8 Å². The predicted octanol–water partition coefficient (Wildman–Crippen LogP) is 1.41. The van der Waals surface area contributed by atoms with Gasteiger partial charge in [0.1, 0.15) is 0 Å². The summed E-state index contributed by atoms with van der Waals surface area (Å²) in [5.74, 6) is 1.71. The summed E-state index contributed by atoms with van der Waals surface area (Å²) < 4.78 is 1.89. The van der Waals surface area contributed by atoms with Gasteiger partial charge in [0.05, 0.1) is 0 Å². The fourth-order valence-corrected chi connectivity index (χ4v) is 17.9. The van der Waals surface area contributed by atoms with Gasteiger partial charge in [0, 0.05) is 0 Å². The van der Waals surface area contributed by atoms with Gasteiger partial charge in [-0.1, -0.05) is 0 Å². The molecule has 0 aliphatic heterocycles. The van der Waals surface area contributed by atoms with Crippen molar-refractivity contribution < 1.29 is 47.7 Å². The molecule has 4 heteroatoms. The number of fused-ring (bicyclic) bond motifs is 2. The number of benzene rings is 1. The maximum Gasteiger partial charge on any atom is -1.00 e. The molecular weight excluding hydrogens is 569 g/mol. The molecule has 3 aliphatic rings. The van der Waals surface area contributed by atoms with E-state index in [1.165, 1.54) is 12.8 Å². The molecule has 0 bridgehead atoms. The topological polar surface area (TPSA) is 0 Å². The molecule has 0 aromatic heterocycles. The Kier molecular flexibility index (Phi) is 9.28. The first kappa shape index (κ1) is 24.6. The molecule has 0 saturated heterocycles. The summed E-state index contributed by atoms with van der Waals surface area (Å²) in [6.07, 6.45) is 15.2. The van der Waals surface area contributed by atoms with E-state index in [0.717, 1.165) is 30.5 Å². The smallest absolute Gasteiger partial charge is 1.00 e. The van der Waals surface area contributed by atoms with Crippen LogP contribution in [0.3, 0.4) is 0 Å². The van der Waals surface area contributed by atoms with Gasteiger partial charge in [-0.15, -0.1) is 0 Å². The van der Waals surface area contributed by atoms with Crippen LogP contribution in [0.15, 0.2) is 53.9 Å². The van der Waals surface area contributed by atoms with Gasteiger partial charge in [-0.2, -0.15) is 0 Å². The van der Waals surface area contributed by atoms with Crippen molar-refractivity contribution in [2.45, 2.75) is 59.2 Å². The van der Waals surface area contributed by atoms with Crippen molar-refractivity contribution in [3.63, 3.8) is 0 Å². The van der Waals surface area contributed by atoms with Gasteiger partial charge in [-0.25, -0.2) is 0 Å². The first-order valence-electron chi connectivity index (χ1n) is 10.3. The van der Waals surface area contributed by atoms with Crippen molar-refractivity contribution in [1.82, 2.24) is 0 Å². The number of rotatable bonds is 5. The molecule has 4 unspecified atom stereocenters. The Balaban J connectivity index is 0.00000140. The van der Waals surface area contributed by atoms with Crippen LogP contribution in [0.4, 0.5) is 0 Å². The van der Waals surface area contributed by atoms with Crippen molar-refractivity contribution in [3.8, 4) is 0 Å². The summed E-state index contributed by atoms with van der Waals surface area (Å²) in [6.45, 7) is 9.84. The number of hydrogen-bond donors (Lipinski definition) is 0. The summed E-state index contributed by atoms with van der Waals surface area (Å²) in [6, 6.07) is 9.33. The van der Waals surface area contributed by atoms with Gasteiger partial charge in [0.25, 0.3) is 0 Å². The van der Waals surface area contributed by atoms with Crippen molar-refractivity contribution in [3.05, 3.63) is 65.0 Å². The van der Waals surface area contributed by atoms with Gasteiger partial charge in [0.15, 0.2) is 0 Å². The molecular formula is C24H31Cl2HfP. The molecule has 150 valence electrons. The molecule has 1 saturated carbocycles. The second-order valence-corrected chi connectivity index (χ2v) is 17.9. The zero-order chi connectivity index (χ0) is 18.3. The average Bonchev–Trinajstić information content (AvgIpc) is 3.17. The fourth-order valence-electron chi connectivity index (χ4n) is 5.26. The monoisotopic (exact) mass is 600 g/mol. The Bertz CT molecular complexity index is 745. The minimum absolute atomic E-state index is 0. The molecule has 1 aromatic rings. The molecule has 1 aromatic carbocycles. The van der Waals surface area contributed by atoms with E-state index < -0.39 is 22.9 Å².